The average Bonchev–Trinajstić information content (AvgIpc) is 2.86. The Morgan fingerprint density at radius 3 is 1.66 bits per heavy atom. The van der Waals surface area contributed by atoms with Crippen molar-refractivity contribution in [3.05, 3.63) is 101 Å². The van der Waals surface area contributed by atoms with Gasteiger partial charge in [0.25, 0.3) is 11.8 Å². The van der Waals surface area contributed by atoms with Crippen LogP contribution in [0.5, 0.6) is 0 Å². The predicted octanol–water partition coefficient (Wildman–Crippen LogP) is 3.78. The molecule has 6 nitrogen and oxygen atoms in total. The van der Waals surface area contributed by atoms with E-state index in [1.807, 2.05) is 18.2 Å². The molecule has 0 spiro atoms. The summed E-state index contributed by atoms with van der Waals surface area (Å²) >= 11 is 0. The number of hydrogen-bond donors (Lipinski definition) is 2. The topological polar surface area (TPSA) is 88.2 Å². The zero-order valence-electron chi connectivity index (χ0n) is 17.7. The largest absolute Gasteiger partial charge is 0.347 e. The van der Waals surface area contributed by atoms with E-state index in [9.17, 15) is 14.4 Å². The number of carbonyl (C=O) groups excluding carboxylic acids is 3. The summed E-state index contributed by atoms with van der Waals surface area (Å²) in [7, 11) is 0. The normalized spacial score (nSPS) is 17.9. The Hall–Kier alpha value is -3.80. The lowest BCUT2D eigenvalue weighted by atomic mass is 9.89. The third kappa shape index (κ3) is 5.09. The van der Waals surface area contributed by atoms with E-state index in [1.54, 1.807) is 60.9 Å². The predicted molar refractivity (Wildman–Crippen MR) is 122 cm³/mol. The lowest BCUT2D eigenvalue weighted by Gasteiger charge is -2.32. The fraction of sp³-hybridized carbons (Fsp3) is 0.231. The van der Waals surface area contributed by atoms with Crippen LogP contribution in [0.25, 0.3) is 0 Å². The highest BCUT2D eigenvalue weighted by Gasteiger charge is 2.28. The molecule has 2 N–H and O–H groups in total. The van der Waals surface area contributed by atoms with Gasteiger partial charge < -0.3 is 10.6 Å². The van der Waals surface area contributed by atoms with Gasteiger partial charge in [0.05, 0.1) is 0 Å². The van der Waals surface area contributed by atoms with Gasteiger partial charge in [0.2, 0.25) is 0 Å². The summed E-state index contributed by atoms with van der Waals surface area (Å²) in [6.07, 6.45) is 6.79. The van der Waals surface area contributed by atoms with Gasteiger partial charge in [-0.2, -0.15) is 0 Å². The maximum Gasteiger partial charge on any atom is 0.251 e. The molecule has 1 fully saturated rings. The average molecular weight is 428 g/mol. The van der Waals surface area contributed by atoms with Crippen LogP contribution >= 0.6 is 0 Å². The van der Waals surface area contributed by atoms with Crippen molar-refractivity contribution in [2.24, 2.45) is 0 Å². The Labute approximate surface area is 187 Å². The Bertz CT molecular complexity index is 1080. The number of nitrogens with zero attached hydrogens (tertiary/aromatic N) is 1. The van der Waals surface area contributed by atoms with Gasteiger partial charge in [0.1, 0.15) is 0 Å². The number of aromatic nitrogens is 1. The molecule has 0 unspecified atom stereocenters. The molecule has 162 valence electrons. The quantitative estimate of drug-likeness (QED) is 0.586. The summed E-state index contributed by atoms with van der Waals surface area (Å²) < 4.78 is 0. The van der Waals surface area contributed by atoms with Crippen LogP contribution in [0.2, 0.25) is 0 Å². The summed E-state index contributed by atoms with van der Waals surface area (Å²) in [6.45, 7) is 0. The fourth-order valence-electron chi connectivity index (χ4n) is 4.01. The van der Waals surface area contributed by atoms with Crippen LogP contribution < -0.4 is 10.6 Å². The van der Waals surface area contributed by atoms with Gasteiger partial charge in [-0.15, -0.1) is 0 Å². The monoisotopic (exact) mass is 427 g/mol. The highest BCUT2D eigenvalue weighted by molar-refractivity contribution is 6.09. The maximum atomic E-state index is 12.8. The molecule has 4 rings (SSSR count). The summed E-state index contributed by atoms with van der Waals surface area (Å²) in [6, 6.07) is 18.8. The first kappa shape index (κ1) is 21.4. The van der Waals surface area contributed by atoms with E-state index >= 15 is 0 Å². The number of ketones is 1. The number of rotatable bonds is 6. The van der Waals surface area contributed by atoms with E-state index in [-0.39, 0.29) is 29.7 Å². The van der Waals surface area contributed by atoms with E-state index in [0.717, 1.165) is 25.7 Å². The van der Waals surface area contributed by atoms with Gasteiger partial charge in [0, 0.05) is 46.7 Å². The van der Waals surface area contributed by atoms with Crippen molar-refractivity contribution in [3.63, 3.8) is 0 Å². The third-order valence-corrected chi connectivity index (χ3v) is 5.79. The van der Waals surface area contributed by atoms with E-state index in [0.29, 0.717) is 22.3 Å². The lowest BCUT2D eigenvalue weighted by molar-refractivity contribution is 0.0862. The molecule has 1 aromatic heterocycles. The molecule has 0 bridgehead atoms. The van der Waals surface area contributed by atoms with E-state index in [4.69, 9.17) is 0 Å². The molecule has 0 saturated heterocycles. The Kier molecular flexibility index (Phi) is 6.70. The second kappa shape index (κ2) is 10.0. The molecule has 1 aliphatic rings. The van der Waals surface area contributed by atoms with E-state index < -0.39 is 0 Å². The Morgan fingerprint density at radius 2 is 1.09 bits per heavy atom. The second-order valence-corrected chi connectivity index (χ2v) is 7.95. The van der Waals surface area contributed by atoms with Crippen molar-refractivity contribution in [1.29, 1.82) is 0 Å². The third-order valence-electron chi connectivity index (χ3n) is 5.79. The van der Waals surface area contributed by atoms with Crippen molar-refractivity contribution < 1.29 is 14.4 Å². The van der Waals surface area contributed by atoms with Crippen LogP contribution in [-0.4, -0.2) is 34.7 Å². The summed E-state index contributed by atoms with van der Waals surface area (Å²) in [4.78, 5) is 41.9. The smallest absolute Gasteiger partial charge is 0.251 e. The number of benzene rings is 2. The molecule has 3 aromatic rings. The zero-order chi connectivity index (χ0) is 22.3. The molecule has 2 aromatic carbocycles. The standard InChI is InChI=1S/C26H25N3O3/c30-24(18-6-2-1-3-7-18)19-10-12-20(13-11-19)25(31)28-22-8-4-5-9-23(22)29-26(32)21-14-16-27-17-15-21/h1-3,6-7,10-17,22-23H,4-5,8-9H2,(H,28,31)(H,29,32)/t22-,23-/m1/s1. The minimum atomic E-state index is -0.209. The molecular formula is C26H25N3O3. The molecule has 1 heterocycles. The molecule has 2 amide bonds. The van der Waals surface area contributed by atoms with Gasteiger partial charge in [-0.25, -0.2) is 0 Å². The van der Waals surface area contributed by atoms with Crippen molar-refractivity contribution >= 4 is 17.6 Å². The maximum absolute atomic E-state index is 12.8. The van der Waals surface area contributed by atoms with Gasteiger partial charge in [-0.05, 0) is 37.1 Å². The van der Waals surface area contributed by atoms with Crippen LogP contribution in [0.1, 0.15) is 62.3 Å². The molecule has 2 atom stereocenters. The zero-order valence-corrected chi connectivity index (χ0v) is 17.7. The van der Waals surface area contributed by atoms with Crippen molar-refractivity contribution in [2.45, 2.75) is 37.8 Å². The van der Waals surface area contributed by atoms with Crippen LogP contribution in [-0.2, 0) is 0 Å². The van der Waals surface area contributed by atoms with Gasteiger partial charge in [-0.3, -0.25) is 19.4 Å². The molecule has 0 aliphatic heterocycles. The Morgan fingerprint density at radius 1 is 0.625 bits per heavy atom. The van der Waals surface area contributed by atoms with Crippen LogP contribution in [0.3, 0.4) is 0 Å². The summed E-state index contributed by atoms with van der Waals surface area (Å²) in [5.74, 6) is -0.454. The SMILES string of the molecule is O=C(N[C@@H]1CCCC[C@H]1NC(=O)c1ccc(C(=O)c2ccccc2)cc1)c1ccncc1. The van der Waals surface area contributed by atoms with Crippen molar-refractivity contribution in [3.8, 4) is 0 Å². The van der Waals surface area contributed by atoms with Gasteiger partial charge in [-0.1, -0.05) is 55.3 Å². The fourth-order valence-corrected chi connectivity index (χ4v) is 4.01. The van der Waals surface area contributed by atoms with Crippen LogP contribution in [0.15, 0.2) is 79.1 Å². The highest BCUT2D eigenvalue weighted by atomic mass is 16.2. The second-order valence-electron chi connectivity index (χ2n) is 7.95. The number of carbonyl (C=O) groups is 3. The summed E-state index contributed by atoms with van der Waals surface area (Å²) in [5.41, 5.74) is 2.18. The minimum absolute atomic E-state index is 0.0799. The van der Waals surface area contributed by atoms with Gasteiger partial charge >= 0.3 is 0 Å². The molecule has 1 aliphatic carbocycles. The lowest BCUT2D eigenvalue weighted by Crippen LogP contribution is -2.53. The van der Waals surface area contributed by atoms with Crippen molar-refractivity contribution in [1.82, 2.24) is 15.6 Å². The number of pyridine rings is 1. The first-order valence-corrected chi connectivity index (χ1v) is 10.8. The van der Waals surface area contributed by atoms with Crippen molar-refractivity contribution in [2.75, 3.05) is 0 Å². The Balaban J connectivity index is 1.40. The van der Waals surface area contributed by atoms with Crippen LogP contribution in [0.4, 0.5) is 0 Å². The highest BCUT2D eigenvalue weighted by Crippen LogP contribution is 2.20. The van der Waals surface area contributed by atoms with E-state index in [1.165, 1.54) is 0 Å². The number of nitrogens with one attached hydrogen (secondary N) is 2. The minimum Gasteiger partial charge on any atom is -0.347 e. The van der Waals surface area contributed by atoms with E-state index in [2.05, 4.69) is 15.6 Å². The van der Waals surface area contributed by atoms with Gasteiger partial charge in [0.15, 0.2) is 5.78 Å². The van der Waals surface area contributed by atoms with Crippen LogP contribution in [0, 0.1) is 0 Å². The molecule has 0 radical (unpaired) electrons. The molecule has 1 saturated carbocycles. The molecule has 32 heavy (non-hydrogen) atoms. The number of amides is 2. The first-order valence-electron chi connectivity index (χ1n) is 10.8. The molecule has 6 heteroatoms. The summed E-state index contributed by atoms with van der Waals surface area (Å²) in [5, 5.41) is 6.13. The number of hydrogen-bond acceptors (Lipinski definition) is 4. The molecular weight excluding hydrogens is 402 g/mol. The first-order chi connectivity index (χ1) is 15.6.